The van der Waals surface area contributed by atoms with Crippen molar-refractivity contribution < 1.29 is 18.7 Å². The largest absolute Gasteiger partial charge is 0.496 e. The van der Waals surface area contributed by atoms with Gasteiger partial charge in [0.15, 0.2) is 0 Å². The van der Waals surface area contributed by atoms with Crippen molar-refractivity contribution in [3.63, 3.8) is 0 Å². The van der Waals surface area contributed by atoms with E-state index in [0.717, 1.165) is 44.5 Å². The molecule has 1 N–H and O–H groups in total. The summed E-state index contributed by atoms with van der Waals surface area (Å²) in [6.07, 6.45) is 1.93. The number of nitrogens with zero attached hydrogens (tertiary/aromatic N) is 3. The van der Waals surface area contributed by atoms with Gasteiger partial charge in [-0.2, -0.15) is 4.68 Å². The van der Waals surface area contributed by atoms with Crippen molar-refractivity contribution in [1.29, 1.82) is 0 Å². The van der Waals surface area contributed by atoms with Crippen LogP contribution in [-0.4, -0.2) is 47.5 Å². The summed E-state index contributed by atoms with van der Waals surface area (Å²) in [5.41, 5.74) is 2.89. The number of ether oxygens (including phenoxy) is 2. The maximum absolute atomic E-state index is 12.8. The van der Waals surface area contributed by atoms with Crippen molar-refractivity contribution in [2.75, 3.05) is 32.1 Å². The van der Waals surface area contributed by atoms with Crippen molar-refractivity contribution in [2.24, 2.45) is 0 Å². The molecule has 1 saturated heterocycles. The zero-order valence-corrected chi connectivity index (χ0v) is 23.0. The molecule has 10 heteroatoms. The molecule has 2 heterocycles. The third-order valence-corrected chi connectivity index (χ3v) is 7.31. The Morgan fingerprint density at radius 3 is 2.40 bits per heavy atom. The molecule has 5 rings (SSSR count). The molecular formula is C30H31ClN4O5. The third kappa shape index (κ3) is 6.73. The van der Waals surface area contributed by atoms with Crippen LogP contribution in [0.2, 0.25) is 5.02 Å². The Morgan fingerprint density at radius 2 is 1.73 bits per heavy atom. The number of rotatable bonds is 9. The summed E-state index contributed by atoms with van der Waals surface area (Å²) in [4.78, 5) is 27.5. The summed E-state index contributed by atoms with van der Waals surface area (Å²) in [6.45, 7) is 2.85. The Kier molecular flexibility index (Phi) is 8.83. The zero-order valence-electron chi connectivity index (χ0n) is 22.2. The van der Waals surface area contributed by atoms with E-state index < -0.39 is 11.8 Å². The second kappa shape index (κ2) is 12.8. The predicted molar refractivity (Wildman–Crippen MR) is 153 cm³/mol. The van der Waals surface area contributed by atoms with Crippen LogP contribution in [0.4, 0.5) is 10.5 Å². The van der Waals surface area contributed by atoms with E-state index in [9.17, 15) is 9.59 Å². The maximum atomic E-state index is 12.8. The molecule has 0 atom stereocenters. The number of carbonyl (C=O) groups excluding carboxylic acids is 1. The Labute approximate surface area is 237 Å². The van der Waals surface area contributed by atoms with E-state index in [1.54, 1.807) is 12.1 Å². The first kappa shape index (κ1) is 27.5. The summed E-state index contributed by atoms with van der Waals surface area (Å²) in [5, 5.41) is 7.34. The predicted octanol–water partition coefficient (Wildman–Crippen LogP) is 5.79. The molecule has 3 aromatic carbocycles. The Morgan fingerprint density at radius 1 is 1.05 bits per heavy atom. The Balaban J connectivity index is 1.22. The molecule has 0 aliphatic carbocycles. The molecule has 1 aliphatic heterocycles. The van der Waals surface area contributed by atoms with E-state index in [1.807, 2.05) is 36.4 Å². The average molecular weight is 563 g/mol. The van der Waals surface area contributed by atoms with Gasteiger partial charge < -0.3 is 18.8 Å². The molecule has 1 aliphatic rings. The lowest BCUT2D eigenvalue weighted by molar-refractivity contribution is 0.155. The number of nitrogens with one attached hydrogen (secondary N) is 1. The molecule has 0 bridgehead atoms. The number of benzene rings is 3. The summed E-state index contributed by atoms with van der Waals surface area (Å²) in [6, 6.07) is 22.8. The lowest BCUT2D eigenvalue weighted by Gasteiger charge is -2.31. The maximum Gasteiger partial charge on any atom is 0.437 e. The molecule has 208 valence electrons. The van der Waals surface area contributed by atoms with Crippen LogP contribution in [0.25, 0.3) is 11.5 Å². The number of likely N-dealkylation sites (tertiary alicyclic amines) is 1. The van der Waals surface area contributed by atoms with Crippen LogP contribution in [0.3, 0.4) is 0 Å². The number of carbonyl (C=O) groups is 1. The minimum atomic E-state index is -0.661. The number of amides is 1. The minimum absolute atomic E-state index is 0.0558. The molecular weight excluding hydrogens is 532 g/mol. The summed E-state index contributed by atoms with van der Waals surface area (Å²) in [5.74, 6) is -0.0806. The van der Waals surface area contributed by atoms with Gasteiger partial charge >= 0.3 is 11.8 Å². The Hall–Kier alpha value is -4.08. The standard InChI is InChI=1S/C30H31ClN4O5/c1-38-27-19-26(32-29(36)39-20-22-10-6-3-7-11-22)25(31)18-24(27)28-33-35(30(37)40-28)23-13-16-34(17-14-23)15-12-21-8-4-2-5-9-21/h2-11,18-19,23H,12-17,20H2,1H3,(H,32,36). The van der Waals surface area contributed by atoms with E-state index in [2.05, 4.69) is 39.6 Å². The summed E-state index contributed by atoms with van der Waals surface area (Å²) >= 11 is 6.47. The number of hydrogen-bond acceptors (Lipinski definition) is 7. The molecule has 0 spiro atoms. The lowest BCUT2D eigenvalue weighted by Crippen LogP contribution is -2.38. The summed E-state index contributed by atoms with van der Waals surface area (Å²) in [7, 11) is 1.48. The van der Waals surface area contributed by atoms with Crippen LogP contribution in [0.15, 0.2) is 82.0 Å². The second-order valence-corrected chi connectivity index (χ2v) is 10.1. The first-order valence-electron chi connectivity index (χ1n) is 13.2. The number of anilines is 1. The monoisotopic (exact) mass is 562 g/mol. The quantitative estimate of drug-likeness (QED) is 0.275. The van der Waals surface area contributed by atoms with Gasteiger partial charge in [0, 0.05) is 25.7 Å². The second-order valence-electron chi connectivity index (χ2n) is 9.65. The van der Waals surface area contributed by atoms with Gasteiger partial charge in [0.1, 0.15) is 12.4 Å². The number of piperidine rings is 1. The highest BCUT2D eigenvalue weighted by atomic mass is 35.5. The molecule has 0 radical (unpaired) electrons. The van der Waals surface area contributed by atoms with Crippen LogP contribution in [0, 0.1) is 0 Å². The van der Waals surface area contributed by atoms with Gasteiger partial charge in [-0.25, -0.2) is 9.59 Å². The molecule has 9 nitrogen and oxygen atoms in total. The molecule has 0 saturated carbocycles. The Bertz CT molecular complexity index is 1480. The van der Waals surface area contributed by atoms with Gasteiger partial charge in [-0.3, -0.25) is 5.32 Å². The smallest absolute Gasteiger partial charge is 0.437 e. The van der Waals surface area contributed by atoms with Crippen molar-refractivity contribution in [3.05, 3.63) is 99.5 Å². The highest BCUT2D eigenvalue weighted by Gasteiger charge is 2.26. The molecule has 1 amide bonds. The number of methoxy groups -OCH3 is 1. The fourth-order valence-electron chi connectivity index (χ4n) is 4.80. The van der Waals surface area contributed by atoms with Gasteiger partial charge in [0.05, 0.1) is 29.4 Å². The third-order valence-electron chi connectivity index (χ3n) is 7.00. The van der Waals surface area contributed by atoms with Crippen LogP contribution >= 0.6 is 11.6 Å². The number of halogens is 1. The fraction of sp³-hybridized carbons (Fsp3) is 0.300. The van der Waals surface area contributed by atoms with Crippen molar-refractivity contribution in [2.45, 2.75) is 31.9 Å². The minimum Gasteiger partial charge on any atom is -0.496 e. The highest BCUT2D eigenvalue weighted by Crippen LogP contribution is 2.37. The topological polar surface area (TPSA) is 98.8 Å². The molecule has 40 heavy (non-hydrogen) atoms. The van der Waals surface area contributed by atoms with Gasteiger partial charge in [0.25, 0.3) is 5.89 Å². The van der Waals surface area contributed by atoms with Crippen molar-refractivity contribution >= 4 is 23.4 Å². The van der Waals surface area contributed by atoms with Crippen molar-refractivity contribution in [1.82, 2.24) is 14.7 Å². The summed E-state index contributed by atoms with van der Waals surface area (Å²) < 4.78 is 17.7. The van der Waals surface area contributed by atoms with Gasteiger partial charge in [-0.05, 0) is 36.5 Å². The number of aromatic nitrogens is 2. The molecule has 0 unspecified atom stereocenters. The molecule has 4 aromatic rings. The SMILES string of the molecule is COc1cc(NC(=O)OCc2ccccc2)c(Cl)cc1-c1nn(C2CCN(CCc3ccccc3)CC2)c(=O)o1. The van der Waals surface area contributed by atoms with Gasteiger partial charge in [-0.15, -0.1) is 5.10 Å². The van der Waals surface area contributed by atoms with Gasteiger partial charge in [0.2, 0.25) is 0 Å². The first-order chi connectivity index (χ1) is 19.5. The van der Waals surface area contributed by atoms with E-state index in [1.165, 1.54) is 17.4 Å². The zero-order chi connectivity index (χ0) is 27.9. The van der Waals surface area contributed by atoms with Crippen LogP contribution < -0.4 is 15.8 Å². The van der Waals surface area contributed by atoms with Crippen LogP contribution in [0.5, 0.6) is 5.75 Å². The average Bonchev–Trinajstić information content (AvgIpc) is 3.38. The highest BCUT2D eigenvalue weighted by molar-refractivity contribution is 6.34. The van der Waals surface area contributed by atoms with E-state index >= 15 is 0 Å². The van der Waals surface area contributed by atoms with E-state index in [4.69, 9.17) is 25.5 Å². The first-order valence-corrected chi connectivity index (χ1v) is 13.6. The lowest BCUT2D eigenvalue weighted by atomic mass is 10.0. The molecule has 1 aromatic heterocycles. The van der Waals surface area contributed by atoms with Crippen LogP contribution in [-0.2, 0) is 17.8 Å². The van der Waals surface area contributed by atoms with Crippen LogP contribution in [0.1, 0.15) is 30.0 Å². The molecule has 1 fully saturated rings. The van der Waals surface area contributed by atoms with Crippen molar-refractivity contribution in [3.8, 4) is 17.2 Å². The number of hydrogen-bond donors (Lipinski definition) is 1. The van der Waals surface area contributed by atoms with E-state index in [0.29, 0.717) is 17.0 Å². The fourth-order valence-corrected chi connectivity index (χ4v) is 5.01. The van der Waals surface area contributed by atoms with E-state index in [-0.39, 0.29) is 23.6 Å². The normalized spacial score (nSPS) is 14.2. The van der Waals surface area contributed by atoms with Gasteiger partial charge in [-0.1, -0.05) is 72.3 Å².